The van der Waals surface area contributed by atoms with E-state index in [0.717, 1.165) is 19.3 Å². The highest BCUT2D eigenvalue weighted by atomic mass is 35.5. The Bertz CT molecular complexity index is 956. The molecule has 1 amide bonds. The molecule has 1 aliphatic rings. The number of methoxy groups -OCH3 is 1. The number of rotatable bonds is 6. The number of amides is 1. The molecule has 3 rings (SSSR count). The van der Waals surface area contributed by atoms with Gasteiger partial charge in [0.1, 0.15) is 5.75 Å². The van der Waals surface area contributed by atoms with Gasteiger partial charge < -0.3 is 10.1 Å². The van der Waals surface area contributed by atoms with Crippen LogP contribution in [0.2, 0.25) is 5.02 Å². The molecule has 2 aromatic rings. The molecule has 0 spiro atoms. The number of hydrogen-bond acceptors (Lipinski definition) is 4. The van der Waals surface area contributed by atoms with Crippen LogP contribution in [0, 0.1) is 0 Å². The van der Waals surface area contributed by atoms with Crippen LogP contribution in [0.5, 0.6) is 5.75 Å². The van der Waals surface area contributed by atoms with E-state index in [9.17, 15) is 13.2 Å². The van der Waals surface area contributed by atoms with Crippen molar-refractivity contribution in [2.75, 3.05) is 25.5 Å². The van der Waals surface area contributed by atoms with Crippen molar-refractivity contribution in [1.29, 1.82) is 0 Å². The van der Waals surface area contributed by atoms with E-state index in [-0.39, 0.29) is 17.2 Å². The van der Waals surface area contributed by atoms with Crippen LogP contribution in [0.1, 0.15) is 24.8 Å². The second-order valence-electron chi connectivity index (χ2n) is 6.64. The summed E-state index contributed by atoms with van der Waals surface area (Å²) in [6.07, 6.45) is 2.83. The number of piperidine rings is 1. The van der Waals surface area contributed by atoms with Crippen LogP contribution in [-0.4, -0.2) is 38.8 Å². The molecule has 6 nitrogen and oxygen atoms in total. The largest absolute Gasteiger partial charge is 0.495 e. The summed E-state index contributed by atoms with van der Waals surface area (Å²) in [5.74, 6) is 0.0871. The normalized spacial score (nSPS) is 15.2. The predicted molar refractivity (Wildman–Crippen MR) is 109 cm³/mol. The van der Waals surface area contributed by atoms with Crippen LogP contribution in [-0.2, 0) is 21.2 Å². The lowest BCUT2D eigenvalue weighted by atomic mass is 10.1. The summed E-state index contributed by atoms with van der Waals surface area (Å²) in [7, 11) is -2.14. The van der Waals surface area contributed by atoms with E-state index in [1.807, 2.05) is 0 Å². The molecule has 0 radical (unpaired) electrons. The molecule has 8 heteroatoms. The predicted octanol–water partition coefficient (Wildman–Crippen LogP) is 3.70. The average Bonchev–Trinajstić information content (AvgIpc) is 2.70. The van der Waals surface area contributed by atoms with Gasteiger partial charge in [0.05, 0.1) is 24.1 Å². The van der Waals surface area contributed by atoms with Gasteiger partial charge in [0, 0.05) is 18.1 Å². The first-order chi connectivity index (χ1) is 13.4. The minimum Gasteiger partial charge on any atom is -0.495 e. The maximum Gasteiger partial charge on any atom is 0.243 e. The summed E-state index contributed by atoms with van der Waals surface area (Å²) in [4.78, 5) is 12.6. The number of carbonyl (C=O) groups is 1. The number of carbonyl (C=O) groups excluding carboxylic acids is 1. The third-order valence-corrected chi connectivity index (χ3v) is 6.97. The summed E-state index contributed by atoms with van der Waals surface area (Å²) in [6.45, 7) is 1.03. The number of halogens is 1. The topological polar surface area (TPSA) is 75.7 Å². The van der Waals surface area contributed by atoms with Gasteiger partial charge in [0.15, 0.2) is 0 Å². The van der Waals surface area contributed by atoms with E-state index in [4.69, 9.17) is 16.3 Å². The molecule has 1 N–H and O–H groups in total. The molecule has 1 heterocycles. The molecule has 0 saturated carbocycles. The zero-order chi connectivity index (χ0) is 20.1. The van der Waals surface area contributed by atoms with E-state index >= 15 is 0 Å². The average molecular weight is 423 g/mol. The lowest BCUT2D eigenvalue weighted by Crippen LogP contribution is -2.35. The quantitative estimate of drug-likeness (QED) is 0.770. The Hall–Kier alpha value is -2.09. The summed E-state index contributed by atoms with van der Waals surface area (Å²) in [6, 6.07) is 11.6. The van der Waals surface area contributed by atoms with E-state index in [2.05, 4.69) is 5.32 Å². The Balaban J connectivity index is 1.83. The molecule has 0 aromatic heterocycles. The second kappa shape index (κ2) is 8.94. The Labute approximate surface area is 170 Å². The summed E-state index contributed by atoms with van der Waals surface area (Å²) < 4.78 is 32.6. The molecular formula is C20H23ClN2O4S. The molecule has 0 unspecified atom stereocenters. The highest BCUT2D eigenvalue weighted by Gasteiger charge is 2.27. The van der Waals surface area contributed by atoms with Crippen molar-refractivity contribution in [1.82, 2.24) is 4.31 Å². The number of sulfonamides is 1. The molecule has 0 bridgehead atoms. The fourth-order valence-electron chi connectivity index (χ4n) is 3.21. The summed E-state index contributed by atoms with van der Waals surface area (Å²) >= 11 is 6.11. The third kappa shape index (κ3) is 4.66. The summed E-state index contributed by atoms with van der Waals surface area (Å²) in [5, 5.41) is 3.25. The van der Waals surface area contributed by atoms with E-state index in [1.165, 1.54) is 23.5 Å². The first-order valence-corrected chi connectivity index (χ1v) is 10.9. The van der Waals surface area contributed by atoms with Crippen molar-refractivity contribution in [3.05, 3.63) is 53.1 Å². The number of hydrogen-bond donors (Lipinski definition) is 1. The monoisotopic (exact) mass is 422 g/mol. The highest BCUT2D eigenvalue weighted by molar-refractivity contribution is 7.89. The van der Waals surface area contributed by atoms with Gasteiger partial charge in [-0.2, -0.15) is 4.31 Å². The smallest absolute Gasteiger partial charge is 0.243 e. The van der Waals surface area contributed by atoms with Gasteiger partial charge in [-0.1, -0.05) is 36.2 Å². The van der Waals surface area contributed by atoms with Crippen LogP contribution < -0.4 is 10.1 Å². The molecular weight excluding hydrogens is 400 g/mol. The molecule has 2 aromatic carbocycles. The SMILES string of the molecule is COc1ccc(S(=O)(=O)N2CCCCC2)cc1NC(=O)Cc1ccccc1Cl. The first kappa shape index (κ1) is 20.6. The molecule has 0 atom stereocenters. The lowest BCUT2D eigenvalue weighted by molar-refractivity contribution is -0.115. The zero-order valence-corrected chi connectivity index (χ0v) is 17.2. The van der Waals surface area contributed by atoms with Gasteiger partial charge in [-0.3, -0.25) is 4.79 Å². The highest BCUT2D eigenvalue weighted by Crippen LogP contribution is 2.30. The molecule has 0 aliphatic carbocycles. The second-order valence-corrected chi connectivity index (χ2v) is 8.99. The maximum absolute atomic E-state index is 12.9. The molecule has 28 heavy (non-hydrogen) atoms. The van der Waals surface area contributed by atoms with Gasteiger partial charge in [-0.25, -0.2) is 8.42 Å². The number of nitrogens with one attached hydrogen (secondary N) is 1. The lowest BCUT2D eigenvalue weighted by Gasteiger charge is -2.26. The number of ether oxygens (including phenoxy) is 1. The van der Waals surface area contributed by atoms with Gasteiger partial charge in [0.25, 0.3) is 0 Å². The van der Waals surface area contributed by atoms with Crippen LogP contribution in [0.15, 0.2) is 47.4 Å². The van der Waals surface area contributed by atoms with Crippen molar-refractivity contribution < 1.29 is 17.9 Å². The Morgan fingerprint density at radius 2 is 1.86 bits per heavy atom. The minimum absolute atomic E-state index is 0.0753. The van der Waals surface area contributed by atoms with E-state index in [0.29, 0.717) is 35.1 Å². The van der Waals surface area contributed by atoms with Gasteiger partial charge in [-0.15, -0.1) is 0 Å². The van der Waals surface area contributed by atoms with Crippen LogP contribution in [0.3, 0.4) is 0 Å². The molecule has 1 aliphatic heterocycles. The van der Waals surface area contributed by atoms with Gasteiger partial charge >= 0.3 is 0 Å². The van der Waals surface area contributed by atoms with Gasteiger partial charge in [-0.05, 0) is 42.7 Å². The van der Waals surface area contributed by atoms with Crippen molar-refractivity contribution in [3.63, 3.8) is 0 Å². The van der Waals surface area contributed by atoms with Crippen molar-refractivity contribution >= 4 is 33.2 Å². The molecule has 150 valence electrons. The zero-order valence-electron chi connectivity index (χ0n) is 15.7. The molecule has 1 fully saturated rings. The molecule has 1 saturated heterocycles. The fourth-order valence-corrected chi connectivity index (χ4v) is 4.96. The van der Waals surface area contributed by atoms with Crippen molar-refractivity contribution in [2.45, 2.75) is 30.6 Å². The Morgan fingerprint density at radius 3 is 2.54 bits per heavy atom. The third-order valence-electron chi connectivity index (χ3n) is 4.71. The van der Waals surface area contributed by atoms with E-state index in [1.54, 1.807) is 30.3 Å². The minimum atomic E-state index is -3.61. The summed E-state index contributed by atoms with van der Waals surface area (Å²) in [5.41, 5.74) is 1.01. The first-order valence-electron chi connectivity index (χ1n) is 9.13. The fraction of sp³-hybridized carbons (Fsp3) is 0.350. The van der Waals surface area contributed by atoms with Gasteiger partial charge in [0.2, 0.25) is 15.9 Å². The van der Waals surface area contributed by atoms with E-state index < -0.39 is 10.0 Å². The van der Waals surface area contributed by atoms with Crippen LogP contribution >= 0.6 is 11.6 Å². The maximum atomic E-state index is 12.9. The van der Waals surface area contributed by atoms with Crippen LogP contribution in [0.25, 0.3) is 0 Å². The van der Waals surface area contributed by atoms with Crippen LogP contribution in [0.4, 0.5) is 5.69 Å². The van der Waals surface area contributed by atoms with Crippen molar-refractivity contribution in [2.24, 2.45) is 0 Å². The number of nitrogens with zero attached hydrogens (tertiary/aromatic N) is 1. The standard InChI is InChI=1S/C20H23ClN2O4S/c1-27-19-10-9-16(28(25,26)23-11-5-2-6-12-23)14-18(19)22-20(24)13-15-7-3-4-8-17(15)21/h3-4,7-10,14H,2,5-6,11-13H2,1H3,(H,22,24). The number of anilines is 1. The van der Waals surface area contributed by atoms with Crippen molar-refractivity contribution in [3.8, 4) is 5.75 Å². The Morgan fingerprint density at radius 1 is 1.14 bits per heavy atom. The Kier molecular flexibility index (Phi) is 6.59. The number of benzene rings is 2.